The first-order valence-corrected chi connectivity index (χ1v) is 12.0. The van der Waals surface area contributed by atoms with E-state index in [0.29, 0.717) is 6.04 Å². The third-order valence-electron chi connectivity index (χ3n) is 6.89. The maximum Gasteiger partial charge on any atom is 0.220 e. The molecule has 7 nitrogen and oxygen atoms in total. The summed E-state index contributed by atoms with van der Waals surface area (Å²) in [6.07, 6.45) is 10.9. The van der Waals surface area contributed by atoms with Crippen LogP contribution in [0, 0.1) is 5.92 Å². The van der Waals surface area contributed by atoms with Gasteiger partial charge >= 0.3 is 0 Å². The quantitative estimate of drug-likeness (QED) is 0.183. The molecule has 0 aromatic rings. The Morgan fingerprint density at radius 1 is 1.07 bits per heavy atom. The van der Waals surface area contributed by atoms with Gasteiger partial charge in [0.2, 0.25) is 5.91 Å². The van der Waals surface area contributed by atoms with Crippen molar-refractivity contribution >= 4 is 35.8 Å². The molecule has 8 heteroatoms. The second kappa shape index (κ2) is 13.7. The van der Waals surface area contributed by atoms with E-state index >= 15 is 0 Å². The van der Waals surface area contributed by atoms with E-state index in [1.54, 1.807) is 0 Å². The molecule has 1 saturated carbocycles. The number of nitrogens with one attached hydrogen (secondary N) is 2. The highest BCUT2D eigenvalue weighted by molar-refractivity contribution is 14.0. The molecule has 3 fully saturated rings. The third kappa shape index (κ3) is 8.15. The zero-order valence-corrected chi connectivity index (χ0v) is 21.1. The van der Waals surface area contributed by atoms with Gasteiger partial charge in [-0.1, -0.05) is 12.8 Å². The van der Waals surface area contributed by atoms with Crippen molar-refractivity contribution in [3.05, 3.63) is 0 Å². The molecule has 1 amide bonds. The molecule has 1 unspecified atom stereocenters. The Morgan fingerprint density at radius 2 is 1.80 bits per heavy atom. The maximum absolute atomic E-state index is 11.3. The highest BCUT2D eigenvalue weighted by Crippen LogP contribution is 2.26. The number of guanidine groups is 1. The molecule has 0 bridgehead atoms. The van der Waals surface area contributed by atoms with Gasteiger partial charge in [-0.3, -0.25) is 14.7 Å². The summed E-state index contributed by atoms with van der Waals surface area (Å²) in [5, 5.41) is 7.08. The van der Waals surface area contributed by atoms with Gasteiger partial charge in [-0.25, -0.2) is 0 Å². The van der Waals surface area contributed by atoms with Gasteiger partial charge in [0.1, 0.15) is 0 Å². The van der Waals surface area contributed by atoms with E-state index in [1.807, 2.05) is 0 Å². The molecule has 4 N–H and O–H groups in total. The number of amides is 1. The number of hydrogen-bond donors (Lipinski definition) is 3. The normalized spacial score (nSPS) is 24.7. The van der Waals surface area contributed by atoms with Crippen molar-refractivity contribution in [1.82, 2.24) is 20.4 Å². The zero-order chi connectivity index (χ0) is 20.5. The van der Waals surface area contributed by atoms with Crippen LogP contribution in [0.2, 0.25) is 0 Å². The number of carbonyl (C=O) groups is 1. The molecule has 2 heterocycles. The van der Waals surface area contributed by atoms with E-state index in [9.17, 15) is 4.79 Å². The van der Waals surface area contributed by atoms with Crippen molar-refractivity contribution in [2.24, 2.45) is 16.6 Å². The fourth-order valence-corrected chi connectivity index (χ4v) is 5.10. The van der Waals surface area contributed by atoms with Gasteiger partial charge in [0.05, 0.1) is 0 Å². The molecule has 1 aliphatic carbocycles. The maximum atomic E-state index is 11.3. The number of hydrogen-bond acceptors (Lipinski definition) is 4. The summed E-state index contributed by atoms with van der Waals surface area (Å²) in [4.78, 5) is 21.2. The Balaban J connectivity index is 0.00000320. The number of likely N-dealkylation sites (tertiary alicyclic amines) is 2. The lowest BCUT2D eigenvalue weighted by Gasteiger charge is -2.30. The number of nitrogens with zero attached hydrogens (tertiary/aromatic N) is 3. The Morgan fingerprint density at radius 3 is 2.47 bits per heavy atom. The van der Waals surface area contributed by atoms with E-state index in [-0.39, 0.29) is 35.8 Å². The van der Waals surface area contributed by atoms with Gasteiger partial charge in [0.25, 0.3) is 0 Å². The van der Waals surface area contributed by atoms with Crippen LogP contribution in [0.5, 0.6) is 0 Å². The van der Waals surface area contributed by atoms with Gasteiger partial charge in [0, 0.05) is 44.2 Å². The van der Waals surface area contributed by atoms with Crippen LogP contribution in [-0.4, -0.2) is 79.6 Å². The Bertz CT molecular complexity index is 532. The van der Waals surface area contributed by atoms with Crippen LogP contribution in [0.3, 0.4) is 0 Å². The molecule has 30 heavy (non-hydrogen) atoms. The fraction of sp³-hybridized carbons (Fsp3) is 0.909. The Hall–Kier alpha value is -0.610. The van der Waals surface area contributed by atoms with Gasteiger partial charge < -0.3 is 21.3 Å². The minimum atomic E-state index is -0.129. The molecule has 3 rings (SSSR count). The van der Waals surface area contributed by atoms with Crippen molar-refractivity contribution < 1.29 is 4.79 Å². The molecule has 0 spiro atoms. The highest BCUT2D eigenvalue weighted by atomic mass is 127. The number of primary amides is 1. The highest BCUT2D eigenvalue weighted by Gasteiger charge is 2.30. The molecule has 174 valence electrons. The number of rotatable bonds is 9. The summed E-state index contributed by atoms with van der Waals surface area (Å²) in [5.41, 5.74) is 5.42. The Labute approximate surface area is 200 Å². The van der Waals surface area contributed by atoms with Crippen LogP contribution < -0.4 is 16.4 Å². The lowest BCUT2D eigenvalue weighted by Crippen LogP contribution is -2.45. The van der Waals surface area contributed by atoms with Crippen LogP contribution >= 0.6 is 24.0 Å². The molecular formula is C22H43IN6O. The number of unbranched alkanes of at least 4 members (excludes halogenated alkanes) is 1. The third-order valence-corrected chi connectivity index (χ3v) is 6.89. The van der Waals surface area contributed by atoms with E-state index in [0.717, 1.165) is 77.0 Å². The standard InChI is InChI=1S/C22H42N6O.HI/c1-2-24-22(26-19-11-16-28(17-19)20-7-3-4-8-20)25-12-5-6-13-27-14-9-18(10-15-27)21(23)29;/h18-20H,2-17H2,1H3,(H2,23,29)(H2,24,25,26);1H. The van der Waals surface area contributed by atoms with E-state index in [1.165, 1.54) is 38.6 Å². The van der Waals surface area contributed by atoms with Gasteiger partial charge in [-0.2, -0.15) is 0 Å². The summed E-state index contributed by atoms with van der Waals surface area (Å²) in [6.45, 7) is 9.40. The SMILES string of the molecule is CCNC(=NCCCCN1CCC(C(N)=O)CC1)NC1CCN(C2CCCC2)C1.I. The second-order valence-corrected chi connectivity index (χ2v) is 9.05. The van der Waals surface area contributed by atoms with Crippen molar-refractivity contribution in [3.8, 4) is 0 Å². The second-order valence-electron chi connectivity index (χ2n) is 9.05. The molecule has 0 aromatic carbocycles. The van der Waals surface area contributed by atoms with Crippen molar-refractivity contribution in [2.75, 3.05) is 45.8 Å². The van der Waals surface area contributed by atoms with Crippen molar-refractivity contribution in [3.63, 3.8) is 0 Å². The number of carbonyl (C=O) groups excluding carboxylic acids is 1. The van der Waals surface area contributed by atoms with E-state index < -0.39 is 0 Å². The lowest BCUT2D eigenvalue weighted by atomic mass is 9.96. The molecule has 1 atom stereocenters. The van der Waals surface area contributed by atoms with Gasteiger partial charge in [-0.15, -0.1) is 24.0 Å². The summed E-state index contributed by atoms with van der Waals surface area (Å²) in [5.74, 6) is 0.939. The smallest absolute Gasteiger partial charge is 0.220 e. The molecule has 2 aliphatic heterocycles. The zero-order valence-electron chi connectivity index (χ0n) is 18.8. The minimum Gasteiger partial charge on any atom is -0.369 e. The predicted molar refractivity (Wildman–Crippen MR) is 134 cm³/mol. The monoisotopic (exact) mass is 534 g/mol. The van der Waals surface area contributed by atoms with Crippen LogP contribution in [0.1, 0.15) is 64.7 Å². The van der Waals surface area contributed by atoms with E-state index in [2.05, 4.69) is 27.4 Å². The average Bonchev–Trinajstić information content (AvgIpc) is 3.40. The summed E-state index contributed by atoms with van der Waals surface area (Å²) in [7, 11) is 0. The molecule has 0 aromatic heterocycles. The number of piperidine rings is 1. The topological polar surface area (TPSA) is 86.0 Å². The first-order valence-electron chi connectivity index (χ1n) is 12.0. The summed E-state index contributed by atoms with van der Waals surface area (Å²) >= 11 is 0. The molecular weight excluding hydrogens is 491 g/mol. The molecule has 3 aliphatic rings. The lowest BCUT2D eigenvalue weighted by molar-refractivity contribution is -0.123. The fourth-order valence-electron chi connectivity index (χ4n) is 5.10. The largest absolute Gasteiger partial charge is 0.369 e. The first kappa shape index (κ1) is 25.6. The van der Waals surface area contributed by atoms with Crippen molar-refractivity contribution in [2.45, 2.75) is 76.8 Å². The van der Waals surface area contributed by atoms with E-state index in [4.69, 9.17) is 10.7 Å². The number of aliphatic imine (C=N–C) groups is 1. The summed E-state index contributed by atoms with van der Waals surface area (Å²) < 4.78 is 0. The van der Waals surface area contributed by atoms with Gasteiger partial charge in [0.15, 0.2) is 5.96 Å². The Kier molecular flexibility index (Phi) is 11.7. The number of halogens is 1. The van der Waals surface area contributed by atoms with Crippen LogP contribution in [-0.2, 0) is 4.79 Å². The van der Waals surface area contributed by atoms with Crippen molar-refractivity contribution in [1.29, 1.82) is 0 Å². The van der Waals surface area contributed by atoms with Crippen LogP contribution in [0.15, 0.2) is 4.99 Å². The first-order chi connectivity index (χ1) is 14.2. The van der Waals surface area contributed by atoms with Crippen LogP contribution in [0.4, 0.5) is 0 Å². The number of nitrogens with two attached hydrogens (primary N) is 1. The molecule has 0 radical (unpaired) electrons. The minimum absolute atomic E-state index is 0. The molecule has 2 saturated heterocycles. The average molecular weight is 535 g/mol. The summed E-state index contributed by atoms with van der Waals surface area (Å²) in [6, 6.07) is 1.36. The van der Waals surface area contributed by atoms with Gasteiger partial charge in [-0.05, 0) is 71.5 Å². The predicted octanol–water partition coefficient (Wildman–Crippen LogP) is 2.15. The van der Waals surface area contributed by atoms with Crippen LogP contribution in [0.25, 0.3) is 0 Å².